The minimum absolute atomic E-state index is 0.185. The van der Waals surface area contributed by atoms with Gasteiger partial charge in [-0.3, -0.25) is 0 Å². The molecule has 0 fully saturated rings. The van der Waals surface area contributed by atoms with Crippen LogP contribution in [0.1, 0.15) is 33.1 Å². The average molecular weight is 248 g/mol. The molecule has 0 spiro atoms. The van der Waals surface area contributed by atoms with Crippen LogP contribution in [-0.4, -0.2) is 50.3 Å². The van der Waals surface area contributed by atoms with Crippen LogP contribution in [0.5, 0.6) is 0 Å². The van der Waals surface area contributed by atoms with E-state index < -0.39 is 0 Å². The highest BCUT2D eigenvalue weighted by molar-refractivity contribution is 4.88. The summed E-state index contributed by atoms with van der Waals surface area (Å²) in [5, 5.41) is 12.5. The summed E-state index contributed by atoms with van der Waals surface area (Å²) in [6, 6.07) is 0.267. The van der Waals surface area contributed by atoms with Gasteiger partial charge in [0.25, 0.3) is 0 Å². The highest BCUT2D eigenvalue weighted by Gasteiger charge is 2.28. The highest BCUT2D eigenvalue weighted by atomic mass is 16.7. The van der Waals surface area contributed by atoms with Gasteiger partial charge in [-0.25, -0.2) is 0 Å². The Hall–Kier alpha value is -0.200. The maximum Gasteiger partial charge on any atom is 0.158 e. The van der Waals surface area contributed by atoms with Crippen molar-refractivity contribution < 1.29 is 14.6 Å². The van der Waals surface area contributed by atoms with Crippen molar-refractivity contribution in [2.75, 3.05) is 27.4 Å². The maximum atomic E-state index is 8.99. The van der Waals surface area contributed by atoms with Crippen molar-refractivity contribution >= 4 is 0 Å². The van der Waals surface area contributed by atoms with Crippen molar-refractivity contribution in [1.82, 2.24) is 5.32 Å². The van der Waals surface area contributed by atoms with Gasteiger partial charge in [-0.05, 0) is 19.8 Å². The third-order valence-corrected chi connectivity index (χ3v) is 3.12. The molecule has 0 heterocycles. The molecule has 17 heavy (non-hydrogen) atoms. The molecule has 0 rings (SSSR count). The Bertz CT molecular complexity index is 189. The summed E-state index contributed by atoms with van der Waals surface area (Å²) in [5.74, 6) is 0. The molecule has 2 atom stereocenters. The number of aliphatic hydroxyl groups is 1. The summed E-state index contributed by atoms with van der Waals surface area (Å²) in [6.07, 6.45) is 2.11. The first-order valence-corrected chi connectivity index (χ1v) is 6.19. The Labute approximate surface area is 105 Å². The van der Waals surface area contributed by atoms with E-state index in [0.717, 1.165) is 12.8 Å². The summed E-state index contributed by atoms with van der Waals surface area (Å²) in [6.45, 7) is 4.83. The lowest BCUT2D eigenvalue weighted by Gasteiger charge is -2.36. The molecule has 0 aliphatic heterocycles. The maximum absolute atomic E-state index is 8.99. The molecule has 104 valence electrons. The molecule has 0 aromatic carbocycles. The van der Waals surface area contributed by atoms with Crippen LogP contribution in [0.15, 0.2) is 0 Å². The molecular weight excluding hydrogens is 220 g/mol. The second-order valence-electron chi connectivity index (χ2n) is 4.63. The molecule has 0 aromatic rings. The quantitative estimate of drug-likeness (QED) is 0.490. The van der Waals surface area contributed by atoms with Gasteiger partial charge in [-0.2, -0.15) is 0 Å². The second kappa shape index (κ2) is 8.83. The molecule has 5 heteroatoms. The van der Waals surface area contributed by atoms with E-state index in [2.05, 4.69) is 19.2 Å². The van der Waals surface area contributed by atoms with Crippen LogP contribution in [0.3, 0.4) is 0 Å². The second-order valence-corrected chi connectivity index (χ2v) is 4.63. The summed E-state index contributed by atoms with van der Waals surface area (Å²) in [5.41, 5.74) is 5.58. The fourth-order valence-electron chi connectivity index (χ4n) is 1.86. The number of methoxy groups -OCH3 is 2. The van der Waals surface area contributed by atoms with Crippen LogP contribution in [0.25, 0.3) is 0 Å². The Balaban J connectivity index is 4.42. The Morgan fingerprint density at radius 1 is 1.35 bits per heavy atom. The summed E-state index contributed by atoms with van der Waals surface area (Å²) < 4.78 is 10.4. The molecule has 0 aliphatic rings. The van der Waals surface area contributed by atoms with Gasteiger partial charge < -0.3 is 25.6 Å². The van der Waals surface area contributed by atoms with Gasteiger partial charge >= 0.3 is 0 Å². The van der Waals surface area contributed by atoms with E-state index in [1.54, 1.807) is 14.2 Å². The molecule has 0 bridgehead atoms. The van der Waals surface area contributed by atoms with E-state index in [4.69, 9.17) is 20.3 Å². The minimum Gasteiger partial charge on any atom is -0.396 e. The van der Waals surface area contributed by atoms with Gasteiger partial charge in [0.15, 0.2) is 6.29 Å². The third kappa shape index (κ3) is 6.33. The van der Waals surface area contributed by atoms with Gasteiger partial charge in [0.05, 0.1) is 0 Å². The fraction of sp³-hybridized carbons (Fsp3) is 1.00. The molecule has 0 aromatic heterocycles. The Morgan fingerprint density at radius 3 is 2.29 bits per heavy atom. The van der Waals surface area contributed by atoms with Gasteiger partial charge in [0.2, 0.25) is 0 Å². The first-order chi connectivity index (χ1) is 8.05. The van der Waals surface area contributed by atoms with Crippen molar-refractivity contribution in [2.45, 2.75) is 51.0 Å². The zero-order chi connectivity index (χ0) is 13.3. The third-order valence-electron chi connectivity index (χ3n) is 3.12. The van der Waals surface area contributed by atoms with E-state index in [1.807, 2.05) is 0 Å². The number of nitrogens with one attached hydrogen (secondary N) is 1. The summed E-state index contributed by atoms with van der Waals surface area (Å²) in [7, 11) is 3.24. The lowest BCUT2D eigenvalue weighted by Crippen LogP contribution is -2.55. The fourth-order valence-corrected chi connectivity index (χ4v) is 1.86. The summed E-state index contributed by atoms with van der Waals surface area (Å²) >= 11 is 0. The van der Waals surface area contributed by atoms with E-state index in [1.165, 1.54) is 0 Å². The molecule has 0 saturated heterocycles. The van der Waals surface area contributed by atoms with Crippen molar-refractivity contribution in [3.05, 3.63) is 0 Å². The zero-order valence-corrected chi connectivity index (χ0v) is 11.5. The van der Waals surface area contributed by atoms with Crippen LogP contribution in [0.2, 0.25) is 0 Å². The molecule has 0 aliphatic carbocycles. The van der Waals surface area contributed by atoms with E-state index in [9.17, 15) is 0 Å². The molecule has 0 amide bonds. The number of aliphatic hydroxyl groups excluding tert-OH is 1. The van der Waals surface area contributed by atoms with E-state index in [-0.39, 0.29) is 24.5 Å². The molecule has 0 saturated carbocycles. The average Bonchev–Trinajstić information content (AvgIpc) is 2.35. The van der Waals surface area contributed by atoms with Crippen molar-refractivity contribution in [3.63, 3.8) is 0 Å². The van der Waals surface area contributed by atoms with Crippen LogP contribution in [0.4, 0.5) is 0 Å². The lowest BCUT2D eigenvalue weighted by atomic mass is 9.95. The monoisotopic (exact) mass is 248 g/mol. The highest BCUT2D eigenvalue weighted by Crippen LogP contribution is 2.16. The largest absolute Gasteiger partial charge is 0.396 e. The van der Waals surface area contributed by atoms with Crippen LogP contribution >= 0.6 is 0 Å². The molecule has 5 nitrogen and oxygen atoms in total. The van der Waals surface area contributed by atoms with Crippen LogP contribution < -0.4 is 11.1 Å². The number of hydrogen-bond acceptors (Lipinski definition) is 5. The molecule has 2 unspecified atom stereocenters. The number of hydrogen-bond donors (Lipinski definition) is 3. The lowest BCUT2D eigenvalue weighted by molar-refractivity contribution is -0.118. The van der Waals surface area contributed by atoms with Gasteiger partial charge in [-0.15, -0.1) is 0 Å². The Kier molecular flexibility index (Phi) is 8.72. The van der Waals surface area contributed by atoms with Crippen LogP contribution in [0, 0.1) is 0 Å². The van der Waals surface area contributed by atoms with Gasteiger partial charge in [-0.1, -0.05) is 6.92 Å². The van der Waals surface area contributed by atoms with E-state index >= 15 is 0 Å². The standard InChI is InChI=1S/C12H28N2O3/c1-5-10(6-7-15)14-12(2,9-13)8-11(16-3)17-4/h10-11,14-15H,5-9,13H2,1-4H3. The first kappa shape index (κ1) is 16.8. The minimum atomic E-state index is -0.261. The first-order valence-electron chi connectivity index (χ1n) is 6.19. The van der Waals surface area contributed by atoms with Gasteiger partial charge in [0.1, 0.15) is 0 Å². The van der Waals surface area contributed by atoms with Gasteiger partial charge in [0, 0.05) is 45.4 Å². The predicted octanol–water partition coefficient (Wildman–Crippen LogP) is 0.463. The number of rotatable bonds is 10. The normalized spacial score (nSPS) is 17.1. The predicted molar refractivity (Wildman–Crippen MR) is 68.8 cm³/mol. The number of nitrogens with two attached hydrogens (primary N) is 1. The molecule has 0 radical (unpaired) electrons. The Morgan fingerprint density at radius 2 is 1.94 bits per heavy atom. The molecular formula is C12H28N2O3. The van der Waals surface area contributed by atoms with E-state index in [0.29, 0.717) is 13.0 Å². The smallest absolute Gasteiger partial charge is 0.158 e. The zero-order valence-electron chi connectivity index (χ0n) is 11.5. The van der Waals surface area contributed by atoms with Crippen LogP contribution in [-0.2, 0) is 9.47 Å². The summed E-state index contributed by atoms with van der Waals surface area (Å²) in [4.78, 5) is 0. The van der Waals surface area contributed by atoms with Crippen molar-refractivity contribution in [1.29, 1.82) is 0 Å². The molecule has 4 N–H and O–H groups in total. The van der Waals surface area contributed by atoms with Crippen molar-refractivity contribution in [2.24, 2.45) is 5.73 Å². The number of ether oxygens (including phenoxy) is 2. The van der Waals surface area contributed by atoms with Crippen molar-refractivity contribution in [3.8, 4) is 0 Å². The topological polar surface area (TPSA) is 76.7 Å². The SMILES string of the molecule is CCC(CCO)NC(C)(CN)CC(OC)OC.